The van der Waals surface area contributed by atoms with Crippen LogP contribution >= 0.6 is 0 Å². The summed E-state index contributed by atoms with van der Waals surface area (Å²) in [6.45, 7) is 3.51. The zero-order chi connectivity index (χ0) is 12.3. The molecule has 5 heteroatoms. The van der Waals surface area contributed by atoms with Crippen molar-refractivity contribution in [1.82, 2.24) is 9.80 Å². The molecule has 0 spiro atoms. The molecular weight excluding hydrogens is 220 g/mol. The van der Waals surface area contributed by atoms with E-state index in [4.69, 9.17) is 5.11 Å². The molecule has 2 heterocycles. The number of aliphatic carboxylic acids is 1. The molecule has 0 aromatic heterocycles. The van der Waals surface area contributed by atoms with Crippen molar-refractivity contribution in [3.8, 4) is 0 Å². The summed E-state index contributed by atoms with van der Waals surface area (Å²) >= 11 is 0. The fourth-order valence-corrected chi connectivity index (χ4v) is 2.84. The molecule has 0 aliphatic carbocycles. The molecule has 5 nitrogen and oxygen atoms in total. The average Bonchev–Trinajstić information content (AvgIpc) is 2.64. The van der Waals surface area contributed by atoms with Crippen molar-refractivity contribution < 1.29 is 14.7 Å². The molecule has 96 valence electrons. The van der Waals surface area contributed by atoms with Crippen molar-refractivity contribution in [3.05, 3.63) is 0 Å². The second kappa shape index (κ2) is 5.49. The van der Waals surface area contributed by atoms with Crippen molar-refractivity contribution in [2.75, 3.05) is 32.7 Å². The van der Waals surface area contributed by atoms with Crippen LogP contribution in [0.5, 0.6) is 0 Å². The Bertz CT molecular complexity index is 306. The minimum atomic E-state index is -0.761. The Morgan fingerprint density at radius 2 is 2.18 bits per heavy atom. The lowest BCUT2D eigenvalue weighted by molar-refractivity contribution is -0.139. The largest absolute Gasteiger partial charge is 0.480 e. The van der Waals surface area contributed by atoms with E-state index in [-0.39, 0.29) is 12.5 Å². The van der Waals surface area contributed by atoms with Gasteiger partial charge in [0.15, 0.2) is 0 Å². The first-order valence-electron chi connectivity index (χ1n) is 6.37. The highest BCUT2D eigenvalue weighted by Gasteiger charge is 2.27. The van der Waals surface area contributed by atoms with Crippen LogP contribution in [0, 0.1) is 5.92 Å². The highest BCUT2D eigenvalue weighted by molar-refractivity contribution is 5.78. The van der Waals surface area contributed by atoms with Crippen LogP contribution in [0.3, 0.4) is 0 Å². The van der Waals surface area contributed by atoms with E-state index in [1.807, 2.05) is 9.80 Å². The van der Waals surface area contributed by atoms with E-state index in [9.17, 15) is 9.59 Å². The molecular formula is C12H20N2O3. The lowest BCUT2D eigenvalue weighted by atomic mass is 9.97. The van der Waals surface area contributed by atoms with E-state index in [1.54, 1.807) is 0 Å². The highest BCUT2D eigenvalue weighted by Crippen LogP contribution is 2.20. The SMILES string of the molecule is O=C(O)CN1CCC[C@@H](CN2CCCC2=O)C1. The lowest BCUT2D eigenvalue weighted by Gasteiger charge is -2.33. The Labute approximate surface area is 101 Å². The Morgan fingerprint density at radius 3 is 2.82 bits per heavy atom. The summed E-state index contributed by atoms with van der Waals surface area (Å²) in [5.74, 6) is -0.0478. The first kappa shape index (κ1) is 12.4. The van der Waals surface area contributed by atoms with Gasteiger partial charge in [-0.25, -0.2) is 0 Å². The van der Waals surface area contributed by atoms with E-state index >= 15 is 0 Å². The molecule has 0 radical (unpaired) electrons. The number of nitrogens with zero attached hydrogens (tertiary/aromatic N) is 2. The lowest BCUT2D eigenvalue weighted by Crippen LogP contribution is -2.43. The molecule has 1 N–H and O–H groups in total. The molecule has 2 rings (SSSR count). The molecule has 0 bridgehead atoms. The van der Waals surface area contributed by atoms with Gasteiger partial charge in [0.1, 0.15) is 0 Å². The van der Waals surface area contributed by atoms with Gasteiger partial charge in [-0.05, 0) is 31.7 Å². The van der Waals surface area contributed by atoms with E-state index in [1.165, 1.54) is 0 Å². The summed E-state index contributed by atoms with van der Waals surface area (Å²) in [7, 11) is 0. The van der Waals surface area contributed by atoms with Crippen molar-refractivity contribution in [3.63, 3.8) is 0 Å². The minimum Gasteiger partial charge on any atom is -0.480 e. The summed E-state index contributed by atoms with van der Waals surface area (Å²) in [4.78, 5) is 26.1. The fourth-order valence-electron chi connectivity index (χ4n) is 2.84. The quantitative estimate of drug-likeness (QED) is 0.773. The molecule has 0 saturated carbocycles. The Hall–Kier alpha value is -1.10. The van der Waals surface area contributed by atoms with Crippen LogP contribution < -0.4 is 0 Å². The summed E-state index contributed by atoms with van der Waals surface area (Å²) in [5, 5.41) is 8.77. The number of carboxylic acids is 1. The van der Waals surface area contributed by atoms with Crippen LogP contribution in [0.15, 0.2) is 0 Å². The summed E-state index contributed by atoms with van der Waals surface area (Å²) in [5.41, 5.74) is 0. The van der Waals surface area contributed by atoms with E-state index in [0.29, 0.717) is 12.3 Å². The van der Waals surface area contributed by atoms with Gasteiger partial charge in [0.2, 0.25) is 5.91 Å². The zero-order valence-corrected chi connectivity index (χ0v) is 10.1. The number of amides is 1. The van der Waals surface area contributed by atoms with Gasteiger partial charge in [0.05, 0.1) is 6.54 Å². The molecule has 2 saturated heterocycles. The van der Waals surface area contributed by atoms with Gasteiger partial charge < -0.3 is 10.0 Å². The molecule has 2 fully saturated rings. The van der Waals surface area contributed by atoms with E-state index in [2.05, 4.69) is 0 Å². The van der Waals surface area contributed by atoms with Gasteiger partial charge in [-0.15, -0.1) is 0 Å². The molecule has 17 heavy (non-hydrogen) atoms. The second-order valence-corrected chi connectivity index (χ2v) is 5.08. The average molecular weight is 240 g/mol. The topological polar surface area (TPSA) is 60.9 Å². The number of carbonyl (C=O) groups excluding carboxylic acids is 1. The molecule has 0 aromatic carbocycles. The third-order valence-corrected chi connectivity index (χ3v) is 3.61. The Morgan fingerprint density at radius 1 is 1.35 bits per heavy atom. The molecule has 0 aromatic rings. The van der Waals surface area contributed by atoms with E-state index in [0.717, 1.165) is 45.4 Å². The van der Waals surface area contributed by atoms with Crippen molar-refractivity contribution in [2.24, 2.45) is 5.92 Å². The predicted octanol–water partition coefficient (Wildman–Crippen LogP) is 0.405. The number of carboxylic acid groups (broad SMARTS) is 1. The van der Waals surface area contributed by atoms with Crippen LogP contribution in [0.1, 0.15) is 25.7 Å². The second-order valence-electron chi connectivity index (χ2n) is 5.08. The van der Waals surface area contributed by atoms with E-state index < -0.39 is 5.97 Å². The molecule has 2 aliphatic heterocycles. The number of hydrogen-bond donors (Lipinski definition) is 1. The maximum absolute atomic E-state index is 11.5. The van der Waals surface area contributed by atoms with Gasteiger partial charge in [-0.2, -0.15) is 0 Å². The highest BCUT2D eigenvalue weighted by atomic mass is 16.4. The first-order valence-corrected chi connectivity index (χ1v) is 6.37. The maximum Gasteiger partial charge on any atom is 0.317 e. The number of likely N-dealkylation sites (tertiary alicyclic amines) is 2. The van der Waals surface area contributed by atoms with Gasteiger partial charge in [-0.1, -0.05) is 0 Å². The molecule has 1 atom stereocenters. The van der Waals surface area contributed by atoms with Crippen LogP contribution in [0.25, 0.3) is 0 Å². The van der Waals surface area contributed by atoms with Crippen molar-refractivity contribution >= 4 is 11.9 Å². The monoisotopic (exact) mass is 240 g/mol. The summed E-state index contributed by atoms with van der Waals surface area (Å²) in [6.07, 6.45) is 3.82. The zero-order valence-electron chi connectivity index (χ0n) is 10.1. The Kier molecular flexibility index (Phi) is 3.99. The third kappa shape index (κ3) is 3.43. The van der Waals surface area contributed by atoms with Crippen molar-refractivity contribution in [2.45, 2.75) is 25.7 Å². The third-order valence-electron chi connectivity index (χ3n) is 3.61. The van der Waals surface area contributed by atoms with Crippen LogP contribution in [0.4, 0.5) is 0 Å². The molecule has 2 aliphatic rings. The number of hydrogen-bond acceptors (Lipinski definition) is 3. The Balaban J connectivity index is 1.80. The maximum atomic E-state index is 11.5. The van der Waals surface area contributed by atoms with Crippen LogP contribution in [0.2, 0.25) is 0 Å². The van der Waals surface area contributed by atoms with Crippen LogP contribution in [-0.4, -0.2) is 59.5 Å². The van der Waals surface area contributed by atoms with Gasteiger partial charge >= 0.3 is 5.97 Å². The number of carbonyl (C=O) groups is 2. The number of piperidine rings is 1. The standard InChI is InChI=1S/C12H20N2O3/c15-11-4-2-6-14(11)8-10-3-1-5-13(7-10)9-12(16)17/h10H,1-9H2,(H,16,17)/t10-/m1/s1. The van der Waals surface area contributed by atoms with Crippen LogP contribution in [-0.2, 0) is 9.59 Å². The smallest absolute Gasteiger partial charge is 0.317 e. The van der Waals surface area contributed by atoms with Gasteiger partial charge in [0, 0.05) is 26.1 Å². The normalized spacial score (nSPS) is 26.5. The summed E-state index contributed by atoms with van der Waals surface area (Å²) in [6, 6.07) is 0. The number of rotatable bonds is 4. The fraction of sp³-hybridized carbons (Fsp3) is 0.833. The summed E-state index contributed by atoms with van der Waals surface area (Å²) < 4.78 is 0. The molecule has 1 amide bonds. The minimum absolute atomic E-state index is 0.129. The first-order chi connectivity index (χ1) is 8.15. The molecule has 0 unspecified atom stereocenters. The van der Waals surface area contributed by atoms with Gasteiger partial charge in [-0.3, -0.25) is 14.5 Å². The van der Waals surface area contributed by atoms with Crippen molar-refractivity contribution in [1.29, 1.82) is 0 Å². The van der Waals surface area contributed by atoms with Gasteiger partial charge in [0.25, 0.3) is 0 Å². The predicted molar refractivity (Wildman–Crippen MR) is 62.6 cm³/mol.